The van der Waals surface area contributed by atoms with E-state index in [2.05, 4.69) is 19.6 Å². The smallest absolute Gasteiger partial charge is 0.00977 e. The van der Waals surface area contributed by atoms with Gasteiger partial charge in [0.15, 0.2) is 0 Å². The Morgan fingerprint density at radius 1 is 1.50 bits per heavy atom. The summed E-state index contributed by atoms with van der Waals surface area (Å²) in [5, 5.41) is 0. The minimum absolute atomic E-state index is 0.753. The van der Waals surface area contributed by atoms with E-state index in [-0.39, 0.29) is 0 Å². The van der Waals surface area contributed by atoms with E-state index in [0.29, 0.717) is 0 Å². The molecule has 0 spiro atoms. The van der Waals surface area contributed by atoms with Crippen molar-refractivity contribution in [1.29, 1.82) is 0 Å². The lowest BCUT2D eigenvalue weighted by molar-refractivity contribution is 0.513. The fourth-order valence-corrected chi connectivity index (χ4v) is 1.13. The standard InChI is InChI=1S/C7H14S/c1-7(4-5-7)3-2-6-8/h8H,2-6H2,1H3. The average molecular weight is 130 g/mol. The van der Waals surface area contributed by atoms with Crippen molar-refractivity contribution < 1.29 is 0 Å². The molecule has 0 aromatic rings. The van der Waals surface area contributed by atoms with Gasteiger partial charge in [-0.3, -0.25) is 0 Å². The van der Waals surface area contributed by atoms with Crippen LogP contribution in [0.5, 0.6) is 0 Å². The van der Waals surface area contributed by atoms with E-state index in [1.54, 1.807) is 0 Å². The summed E-state index contributed by atoms with van der Waals surface area (Å²) in [7, 11) is 0. The van der Waals surface area contributed by atoms with Gasteiger partial charge in [0.1, 0.15) is 0 Å². The van der Waals surface area contributed by atoms with Gasteiger partial charge in [0.05, 0.1) is 0 Å². The van der Waals surface area contributed by atoms with Crippen molar-refractivity contribution in [2.45, 2.75) is 32.6 Å². The van der Waals surface area contributed by atoms with Crippen LogP contribution in [0.4, 0.5) is 0 Å². The van der Waals surface area contributed by atoms with Gasteiger partial charge >= 0.3 is 0 Å². The van der Waals surface area contributed by atoms with E-state index in [4.69, 9.17) is 0 Å². The molecule has 1 aliphatic rings. The minimum atomic E-state index is 0.753. The molecule has 0 atom stereocenters. The Kier molecular flexibility index (Phi) is 1.86. The highest BCUT2D eigenvalue weighted by molar-refractivity contribution is 7.80. The van der Waals surface area contributed by atoms with Crippen molar-refractivity contribution in [3.8, 4) is 0 Å². The molecule has 0 amide bonds. The normalized spacial score (nSPS) is 23.2. The Bertz CT molecular complexity index is 74.5. The van der Waals surface area contributed by atoms with Crippen LogP contribution in [0.3, 0.4) is 0 Å². The van der Waals surface area contributed by atoms with Crippen LogP contribution in [0.1, 0.15) is 32.6 Å². The maximum atomic E-state index is 4.16. The second-order valence-electron chi connectivity index (χ2n) is 3.14. The zero-order chi connectivity index (χ0) is 6.04. The molecule has 1 heteroatoms. The molecule has 0 unspecified atom stereocenters. The van der Waals surface area contributed by atoms with Crippen molar-refractivity contribution in [3.63, 3.8) is 0 Å². The molecular weight excluding hydrogens is 116 g/mol. The fraction of sp³-hybridized carbons (Fsp3) is 1.00. The van der Waals surface area contributed by atoms with Crippen LogP contribution in [-0.4, -0.2) is 5.75 Å². The largest absolute Gasteiger partial charge is 0.179 e. The first-order valence-electron chi connectivity index (χ1n) is 3.38. The third-order valence-corrected chi connectivity index (χ3v) is 2.36. The lowest BCUT2D eigenvalue weighted by atomic mass is 10.0. The molecule has 1 fully saturated rings. The summed E-state index contributed by atoms with van der Waals surface area (Å²) >= 11 is 4.16. The SMILES string of the molecule is CC1(CCCS)CC1. The molecular formula is C7H14S. The summed E-state index contributed by atoms with van der Waals surface area (Å²) in [6, 6.07) is 0. The highest BCUT2D eigenvalue weighted by atomic mass is 32.1. The van der Waals surface area contributed by atoms with Crippen LogP contribution in [0.25, 0.3) is 0 Å². The van der Waals surface area contributed by atoms with Gasteiger partial charge in [0.2, 0.25) is 0 Å². The maximum absolute atomic E-state index is 4.16. The van der Waals surface area contributed by atoms with E-state index in [1.165, 1.54) is 25.7 Å². The molecule has 0 heterocycles. The first kappa shape index (κ1) is 6.47. The lowest BCUT2D eigenvalue weighted by Crippen LogP contribution is -1.91. The predicted octanol–water partition coefficient (Wildman–Crippen LogP) is 2.50. The Labute approximate surface area is 57.1 Å². The monoisotopic (exact) mass is 130 g/mol. The first-order valence-corrected chi connectivity index (χ1v) is 4.01. The first-order chi connectivity index (χ1) is 3.77. The molecule has 8 heavy (non-hydrogen) atoms. The van der Waals surface area contributed by atoms with E-state index in [9.17, 15) is 0 Å². The van der Waals surface area contributed by atoms with Gasteiger partial charge in [0, 0.05) is 0 Å². The molecule has 48 valence electrons. The van der Waals surface area contributed by atoms with E-state index >= 15 is 0 Å². The number of rotatable bonds is 3. The molecule has 0 saturated heterocycles. The molecule has 0 radical (unpaired) electrons. The Hall–Kier alpha value is 0.350. The van der Waals surface area contributed by atoms with Crippen LogP contribution in [0, 0.1) is 5.41 Å². The fourth-order valence-electron chi connectivity index (χ4n) is 0.969. The lowest BCUT2D eigenvalue weighted by Gasteiger charge is -2.03. The summed E-state index contributed by atoms with van der Waals surface area (Å²) in [6.07, 6.45) is 5.62. The Morgan fingerprint density at radius 2 is 2.12 bits per heavy atom. The van der Waals surface area contributed by atoms with Crippen LogP contribution in [-0.2, 0) is 0 Å². The predicted molar refractivity (Wildman–Crippen MR) is 40.4 cm³/mol. The molecule has 0 N–H and O–H groups in total. The third-order valence-electron chi connectivity index (χ3n) is 2.04. The highest BCUT2D eigenvalue weighted by Gasteiger charge is 2.35. The van der Waals surface area contributed by atoms with Crippen molar-refractivity contribution >= 4 is 12.6 Å². The summed E-state index contributed by atoms with van der Waals surface area (Å²) in [5.74, 6) is 1.07. The third kappa shape index (κ3) is 1.70. The van der Waals surface area contributed by atoms with E-state index in [1.807, 2.05) is 0 Å². The Morgan fingerprint density at radius 3 is 2.50 bits per heavy atom. The molecule has 0 aliphatic heterocycles. The molecule has 0 nitrogen and oxygen atoms in total. The van der Waals surface area contributed by atoms with Crippen molar-refractivity contribution in [1.82, 2.24) is 0 Å². The van der Waals surface area contributed by atoms with Crippen molar-refractivity contribution in [2.24, 2.45) is 5.41 Å². The van der Waals surface area contributed by atoms with E-state index in [0.717, 1.165) is 11.2 Å². The molecule has 0 aromatic heterocycles. The summed E-state index contributed by atoms with van der Waals surface area (Å²) in [6.45, 7) is 2.37. The molecule has 0 aromatic carbocycles. The van der Waals surface area contributed by atoms with Crippen LogP contribution >= 0.6 is 12.6 Å². The Balaban J connectivity index is 2.01. The van der Waals surface area contributed by atoms with E-state index < -0.39 is 0 Å². The van der Waals surface area contributed by atoms with Crippen LogP contribution in [0.15, 0.2) is 0 Å². The maximum Gasteiger partial charge on any atom is -0.00977 e. The summed E-state index contributed by atoms with van der Waals surface area (Å²) in [4.78, 5) is 0. The van der Waals surface area contributed by atoms with Crippen molar-refractivity contribution in [3.05, 3.63) is 0 Å². The summed E-state index contributed by atoms with van der Waals surface area (Å²) in [5.41, 5.74) is 0.753. The number of thiol groups is 1. The van der Waals surface area contributed by atoms with Gasteiger partial charge < -0.3 is 0 Å². The number of hydrogen-bond donors (Lipinski definition) is 1. The molecule has 1 aliphatic carbocycles. The topological polar surface area (TPSA) is 0 Å². The second kappa shape index (κ2) is 2.30. The van der Waals surface area contributed by atoms with Crippen LogP contribution in [0.2, 0.25) is 0 Å². The highest BCUT2D eigenvalue weighted by Crippen LogP contribution is 2.48. The van der Waals surface area contributed by atoms with Gasteiger partial charge in [-0.1, -0.05) is 6.92 Å². The average Bonchev–Trinajstić information content (AvgIpc) is 2.45. The quantitative estimate of drug-likeness (QED) is 0.557. The van der Waals surface area contributed by atoms with Gasteiger partial charge in [-0.05, 0) is 36.9 Å². The van der Waals surface area contributed by atoms with Crippen LogP contribution < -0.4 is 0 Å². The van der Waals surface area contributed by atoms with Crippen molar-refractivity contribution in [2.75, 3.05) is 5.75 Å². The second-order valence-corrected chi connectivity index (χ2v) is 3.59. The van der Waals surface area contributed by atoms with Gasteiger partial charge in [-0.2, -0.15) is 12.6 Å². The zero-order valence-corrected chi connectivity index (χ0v) is 6.38. The minimum Gasteiger partial charge on any atom is -0.179 e. The van der Waals surface area contributed by atoms with Gasteiger partial charge in [0.25, 0.3) is 0 Å². The van der Waals surface area contributed by atoms with Gasteiger partial charge in [-0.15, -0.1) is 0 Å². The molecule has 1 rings (SSSR count). The number of hydrogen-bond acceptors (Lipinski definition) is 1. The summed E-state index contributed by atoms with van der Waals surface area (Å²) < 4.78 is 0. The zero-order valence-electron chi connectivity index (χ0n) is 5.48. The molecule has 1 saturated carbocycles. The van der Waals surface area contributed by atoms with Gasteiger partial charge in [-0.25, -0.2) is 0 Å². The molecule has 0 bridgehead atoms.